The van der Waals surface area contributed by atoms with E-state index >= 15 is 0 Å². The summed E-state index contributed by atoms with van der Waals surface area (Å²) in [4.78, 5) is 22.9. The molecule has 1 unspecified atom stereocenters. The van der Waals surface area contributed by atoms with Crippen LogP contribution in [0.2, 0.25) is 0 Å². The van der Waals surface area contributed by atoms with Gasteiger partial charge in [0, 0.05) is 5.38 Å². The van der Waals surface area contributed by atoms with Crippen molar-refractivity contribution in [2.24, 2.45) is 5.92 Å². The highest BCUT2D eigenvalue weighted by Crippen LogP contribution is 2.41. The molecule has 3 rings (SSSR count). The Morgan fingerprint density at radius 1 is 1.50 bits per heavy atom. The van der Waals surface area contributed by atoms with E-state index in [4.69, 9.17) is 5.11 Å². The Kier molecular flexibility index (Phi) is 1.94. The molecule has 1 aliphatic heterocycles. The largest absolute Gasteiger partial charge is 0.477 e. The fourth-order valence-electron chi connectivity index (χ4n) is 1.94. The van der Waals surface area contributed by atoms with E-state index in [1.54, 1.807) is 5.38 Å². The number of carbonyl (C=O) groups is 2. The van der Waals surface area contributed by atoms with Gasteiger partial charge in [-0.3, -0.25) is 4.79 Å². The van der Waals surface area contributed by atoms with Gasteiger partial charge in [-0.25, -0.2) is 4.79 Å². The third kappa shape index (κ3) is 1.37. The Balaban J connectivity index is 1.97. The van der Waals surface area contributed by atoms with Gasteiger partial charge in [0.2, 0.25) is 5.91 Å². The monoisotopic (exact) mass is 238 g/mol. The van der Waals surface area contributed by atoms with Gasteiger partial charge in [0.05, 0.1) is 11.4 Å². The molecule has 1 atom stereocenters. The summed E-state index contributed by atoms with van der Waals surface area (Å²) >= 11 is 1.13. The van der Waals surface area contributed by atoms with E-state index in [0.29, 0.717) is 17.3 Å². The molecule has 16 heavy (non-hydrogen) atoms. The fraction of sp³-hybridized carbons (Fsp3) is 0.400. The first kappa shape index (κ1) is 9.65. The average Bonchev–Trinajstić information content (AvgIpc) is 2.98. The van der Waals surface area contributed by atoms with Crippen molar-refractivity contribution in [2.75, 3.05) is 10.6 Å². The van der Waals surface area contributed by atoms with Crippen molar-refractivity contribution in [3.05, 3.63) is 10.3 Å². The first-order valence-corrected chi connectivity index (χ1v) is 5.97. The summed E-state index contributed by atoms with van der Waals surface area (Å²) in [5.41, 5.74) is 1.15. The number of fused-ring (bicyclic) bond motifs is 1. The van der Waals surface area contributed by atoms with Crippen molar-refractivity contribution < 1.29 is 14.7 Å². The summed E-state index contributed by atoms with van der Waals surface area (Å²) in [6, 6.07) is -0.264. The normalized spacial score (nSPS) is 23.2. The highest BCUT2D eigenvalue weighted by molar-refractivity contribution is 7.13. The van der Waals surface area contributed by atoms with Gasteiger partial charge in [0.15, 0.2) is 0 Å². The molecule has 1 saturated carbocycles. The summed E-state index contributed by atoms with van der Waals surface area (Å²) in [7, 11) is 0. The number of hydrogen-bond acceptors (Lipinski definition) is 4. The van der Waals surface area contributed by atoms with Crippen molar-refractivity contribution in [2.45, 2.75) is 18.9 Å². The number of amides is 1. The Labute approximate surface area is 95.5 Å². The van der Waals surface area contributed by atoms with Crippen molar-refractivity contribution in [3.63, 3.8) is 0 Å². The summed E-state index contributed by atoms with van der Waals surface area (Å²) in [6.45, 7) is 0. The number of thiophene rings is 1. The molecule has 0 spiro atoms. The first-order chi connectivity index (χ1) is 7.66. The molecule has 2 heterocycles. The lowest BCUT2D eigenvalue weighted by molar-refractivity contribution is -0.117. The van der Waals surface area contributed by atoms with Crippen molar-refractivity contribution in [1.29, 1.82) is 0 Å². The molecule has 3 N–H and O–H groups in total. The Morgan fingerprint density at radius 3 is 2.88 bits per heavy atom. The molecule has 1 amide bonds. The van der Waals surface area contributed by atoms with Crippen molar-refractivity contribution in [1.82, 2.24) is 0 Å². The molecule has 6 heteroatoms. The zero-order chi connectivity index (χ0) is 11.3. The Bertz CT molecular complexity index is 478. The maximum Gasteiger partial charge on any atom is 0.348 e. The third-order valence-electron chi connectivity index (χ3n) is 2.92. The zero-order valence-corrected chi connectivity index (χ0v) is 9.13. The summed E-state index contributed by atoms with van der Waals surface area (Å²) in [6.07, 6.45) is 2.07. The summed E-state index contributed by atoms with van der Waals surface area (Å²) in [5.74, 6) is -0.649. The van der Waals surface area contributed by atoms with E-state index in [0.717, 1.165) is 24.2 Å². The van der Waals surface area contributed by atoms with Crippen LogP contribution in [0.25, 0.3) is 0 Å². The minimum atomic E-state index is -0.954. The van der Waals surface area contributed by atoms with E-state index in [2.05, 4.69) is 10.6 Å². The number of hydrogen-bond donors (Lipinski definition) is 3. The number of carboxylic acids is 1. The van der Waals surface area contributed by atoms with Gasteiger partial charge in [0.1, 0.15) is 10.9 Å². The van der Waals surface area contributed by atoms with Crippen molar-refractivity contribution in [3.8, 4) is 0 Å². The molecule has 0 saturated heterocycles. The predicted octanol–water partition coefficient (Wildman–Crippen LogP) is 1.59. The fourth-order valence-corrected chi connectivity index (χ4v) is 2.74. The lowest BCUT2D eigenvalue weighted by Gasteiger charge is -2.24. The van der Waals surface area contributed by atoms with E-state index in [1.807, 2.05) is 0 Å². The van der Waals surface area contributed by atoms with Crippen LogP contribution < -0.4 is 10.6 Å². The van der Waals surface area contributed by atoms with Crippen LogP contribution in [0.4, 0.5) is 11.4 Å². The van der Waals surface area contributed by atoms with Crippen LogP contribution in [-0.2, 0) is 4.79 Å². The standard InChI is InChI=1S/C10H10N2O3S/c13-9-6(4-1-2-4)12-7-5(11-9)3-16-8(7)10(14)15/h3-4,6,12H,1-2H2,(H,11,13)(H,14,15). The minimum absolute atomic E-state index is 0.0512. The quantitative estimate of drug-likeness (QED) is 0.731. The second-order valence-electron chi connectivity index (χ2n) is 4.11. The molecule has 5 nitrogen and oxygen atoms in total. The maximum atomic E-state index is 11.7. The van der Waals surface area contributed by atoms with Crippen LogP contribution in [0.3, 0.4) is 0 Å². The number of aromatic carboxylic acids is 1. The number of carbonyl (C=O) groups excluding carboxylic acids is 1. The number of rotatable bonds is 2. The second kappa shape index (κ2) is 3.21. The first-order valence-electron chi connectivity index (χ1n) is 5.09. The van der Waals surface area contributed by atoms with Gasteiger partial charge in [-0.05, 0) is 18.8 Å². The van der Waals surface area contributed by atoms with Gasteiger partial charge in [-0.15, -0.1) is 11.3 Å². The average molecular weight is 238 g/mol. The van der Waals surface area contributed by atoms with Crippen LogP contribution in [0.5, 0.6) is 0 Å². The smallest absolute Gasteiger partial charge is 0.348 e. The van der Waals surface area contributed by atoms with Crippen molar-refractivity contribution >= 4 is 34.6 Å². The van der Waals surface area contributed by atoms with Crippen LogP contribution in [0.1, 0.15) is 22.5 Å². The van der Waals surface area contributed by atoms with Gasteiger partial charge in [-0.1, -0.05) is 0 Å². The van der Waals surface area contributed by atoms with E-state index < -0.39 is 5.97 Å². The van der Waals surface area contributed by atoms with Crippen LogP contribution >= 0.6 is 11.3 Å². The van der Waals surface area contributed by atoms with Gasteiger partial charge < -0.3 is 15.7 Å². The van der Waals surface area contributed by atoms with E-state index in [9.17, 15) is 9.59 Å². The maximum absolute atomic E-state index is 11.7. The third-order valence-corrected chi connectivity index (χ3v) is 3.89. The minimum Gasteiger partial charge on any atom is -0.477 e. The molecule has 0 aromatic carbocycles. The number of anilines is 2. The highest BCUT2D eigenvalue weighted by atomic mass is 32.1. The summed E-state index contributed by atoms with van der Waals surface area (Å²) in [5, 5.41) is 16.5. The second-order valence-corrected chi connectivity index (χ2v) is 4.99. The molecule has 1 aromatic heterocycles. The molecule has 0 radical (unpaired) electrons. The SMILES string of the molecule is O=C(O)c1scc2c1NC(C1CC1)C(=O)N2. The van der Waals surface area contributed by atoms with Crippen LogP contribution in [-0.4, -0.2) is 23.0 Å². The topological polar surface area (TPSA) is 78.4 Å². The van der Waals surface area contributed by atoms with Gasteiger partial charge >= 0.3 is 5.97 Å². The van der Waals surface area contributed by atoms with Crippen LogP contribution in [0, 0.1) is 5.92 Å². The van der Waals surface area contributed by atoms with E-state index in [1.165, 1.54) is 0 Å². The van der Waals surface area contributed by atoms with E-state index in [-0.39, 0.29) is 16.8 Å². The van der Waals surface area contributed by atoms with Gasteiger partial charge in [0.25, 0.3) is 0 Å². The molecule has 1 fully saturated rings. The Morgan fingerprint density at radius 2 is 2.25 bits per heavy atom. The molecule has 1 aliphatic carbocycles. The molecule has 84 valence electrons. The predicted molar refractivity (Wildman–Crippen MR) is 60.0 cm³/mol. The number of carboxylic acid groups (broad SMARTS) is 1. The van der Waals surface area contributed by atoms with Gasteiger partial charge in [-0.2, -0.15) is 0 Å². The lowest BCUT2D eigenvalue weighted by atomic mass is 10.1. The molecule has 1 aromatic rings. The molecule has 0 bridgehead atoms. The number of nitrogens with one attached hydrogen (secondary N) is 2. The Hall–Kier alpha value is -1.56. The van der Waals surface area contributed by atoms with Crippen LogP contribution in [0.15, 0.2) is 5.38 Å². The lowest BCUT2D eigenvalue weighted by Crippen LogP contribution is -2.40. The summed E-state index contributed by atoms with van der Waals surface area (Å²) < 4.78 is 0. The molecular weight excluding hydrogens is 228 g/mol. The molecular formula is C10H10N2O3S. The molecule has 2 aliphatic rings. The highest BCUT2D eigenvalue weighted by Gasteiger charge is 2.40. The zero-order valence-electron chi connectivity index (χ0n) is 8.32.